The van der Waals surface area contributed by atoms with Gasteiger partial charge in [-0.3, -0.25) is 4.79 Å². The molecule has 1 aliphatic rings. The predicted octanol–water partition coefficient (Wildman–Crippen LogP) is 1.94. The van der Waals surface area contributed by atoms with Crippen LogP contribution in [0.2, 0.25) is 0 Å². The molecule has 1 N–H and O–H groups in total. The fourth-order valence-electron chi connectivity index (χ4n) is 1.75. The van der Waals surface area contributed by atoms with E-state index in [9.17, 15) is 4.79 Å². The third-order valence-corrected chi connectivity index (χ3v) is 4.28. The maximum absolute atomic E-state index is 12.0. The standard InChI is InChI=1S/C11H18N2OS/c1-3-11(4-2,8-12)10(14)13-9-5-6-15-7-9/h9H,3-7H2,1-2H3,(H,13,14). The number of carbonyl (C=O) groups excluding carboxylic acids is 1. The van der Waals surface area contributed by atoms with Gasteiger partial charge in [-0.25, -0.2) is 0 Å². The average molecular weight is 226 g/mol. The third-order valence-electron chi connectivity index (χ3n) is 3.12. The molecule has 84 valence electrons. The summed E-state index contributed by atoms with van der Waals surface area (Å²) in [6.45, 7) is 3.80. The molecule has 4 heteroatoms. The lowest BCUT2D eigenvalue weighted by atomic mass is 9.83. The number of hydrogen-bond donors (Lipinski definition) is 1. The molecule has 3 nitrogen and oxygen atoms in total. The zero-order valence-corrected chi connectivity index (χ0v) is 10.2. The van der Waals surface area contributed by atoms with Crippen molar-refractivity contribution < 1.29 is 4.79 Å². The smallest absolute Gasteiger partial charge is 0.240 e. The van der Waals surface area contributed by atoms with Gasteiger partial charge < -0.3 is 5.32 Å². The summed E-state index contributed by atoms with van der Waals surface area (Å²) in [6.07, 6.45) is 2.21. The van der Waals surface area contributed by atoms with Crippen LogP contribution in [-0.4, -0.2) is 23.5 Å². The number of nitrogens with one attached hydrogen (secondary N) is 1. The maximum atomic E-state index is 12.0. The van der Waals surface area contributed by atoms with E-state index in [1.165, 1.54) is 0 Å². The van der Waals surface area contributed by atoms with Crippen molar-refractivity contribution in [2.24, 2.45) is 5.41 Å². The molecule has 1 amide bonds. The fourth-order valence-corrected chi connectivity index (χ4v) is 2.90. The number of amides is 1. The second-order valence-electron chi connectivity index (χ2n) is 3.93. The Labute approximate surface area is 95.6 Å². The van der Waals surface area contributed by atoms with Crippen molar-refractivity contribution in [1.82, 2.24) is 5.32 Å². The fraction of sp³-hybridized carbons (Fsp3) is 0.818. The highest BCUT2D eigenvalue weighted by Crippen LogP contribution is 2.27. The van der Waals surface area contributed by atoms with Crippen LogP contribution in [0, 0.1) is 16.7 Å². The van der Waals surface area contributed by atoms with Crippen molar-refractivity contribution in [3.63, 3.8) is 0 Å². The van der Waals surface area contributed by atoms with Gasteiger partial charge in [0.25, 0.3) is 0 Å². The molecule has 0 aromatic heterocycles. The number of nitrogens with zero attached hydrogens (tertiary/aromatic N) is 1. The lowest BCUT2D eigenvalue weighted by molar-refractivity contribution is -0.129. The molecule has 0 bridgehead atoms. The Morgan fingerprint density at radius 2 is 2.27 bits per heavy atom. The predicted molar refractivity (Wildman–Crippen MR) is 62.5 cm³/mol. The molecule has 0 aromatic rings. The van der Waals surface area contributed by atoms with Crippen molar-refractivity contribution in [3.8, 4) is 6.07 Å². The molecule has 15 heavy (non-hydrogen) atoms. The second-order valence-corrected chi connectivity index (χ2v) is 5.08. The van der Waals surface area contributed by atoms with Crippen LogP contribution in [0.5, 0.6) is 0 Å². The molecular formula is C11H18N2OS. The van der Waals surface area contributed by atoms with Gasteiger partial charge in [0, 0.05) is 11.8 Å². The quantitative estimate of drug-likeness (QED) is 0.797. The second kappa shape index (κ2) is 5.41. The van der Waals surface area contributed by atoms with Gasteiger partial charge in [0.2, 0.25) is 5.91 Å². The Morgan fingerprint density at radius 3 is 2.67 bits per heavy atom. The van der Waals surface area contributed by atoms with Crippen molar-refractivity contribution in [1.29, 1.82) is 5.26 Å². The summed E-state index contributed by atoms with van der Waals surface area (Å²) in [5.41, 5.74) is -0.812. The minimum Gasteiger partial charge on any atom is -0.351 e. The zero-order chi connectivity index (χ0) is 11.3. The number of nitriles is 1. The Balaban J connectivity index is 2.60. The van der Waals surface area contributed by atoms with Gasteiger partial charge in [0.15, 0.2) is 0 Å². The average Bonchev–Trinajstić information content (AvgIpc) is 2.74. The van der Waals surface area contributed by atoms with Gasteiger partial charge in [-0.15, -0.1) is 0 Å². The number of thioether (sulfide) groups is 1. The first-order valence-corrected chi connectivity index (χ1v) is 6.64. The molecule has 1 atom stereocenters. The molecule has 0 saturated carbocycles. The van der Waals surface area contributed by atoms with Gasteiger partial charge in [-0.1, -0.05) is 13.8 Å². The Hall–Kier alpha value is -0.690. The molecule has 0 radical (unpaired) electrons. The van der Waals surface area contributed by atoms with Crippen LogP contribution in [-0.2, 0) is 4.79 Å². The van der Waals surface area contributed by atoms with Crippen LogP contribution < -0.4 is 5.32 Å². The van der Waals surface area contributed by atoms with Gasteiger partial charge in [0.1, 0.15) is 5.41 Å². The first-order chi connectivity index (χ1) is 7.18. The van der Waals surface area contributed by atoms with Crippen molar-refractivity contribution >= 4 is 17.7 Å². The minimum absolute atomic E-state index is 0.0810. The zero-order valence-electron chi connectivity index (χ0n) is 9.38. The molecule has 1 unspecified atom stereocenters. The van der Waals surface area contributed by atoms with E-state index >= 15 is 0 Å². The van der Waals surface area contributed by atoms with Gasteiger partial charge in [0.05, 0.1) is 6.07 Å². The van der Waals surface area contributed by atoms with Crippen LogP contribution >= 0.6 is 11.8 Å². The van der Waals surface area contributed by atoms with Gasteiger partial charge in [-0.2, -0.15) is 17.0 Å². The topological polar surface area (TPSA) is 52.9 Å². The van der Waals surface area contributed by atoms with E-state index in [0.717, 1.165) is 17.9 Å². The van der Waals surface area contributed by atoms with Gasteiger partial charge in [-0.05, 0) is 25.0 Å². The molecule has 1 fully saturated rings. The van der Waals surface area contributed by atoms with E-state index in [4.69, 9.17) is 5.26 Å². The third kappa shape index (κ3) is 2.66. The van der Waals surface area contributed by atoms with Crippen LogP contribution in [0.3, 0.4) is 0 Å². The molecule has 1 aliphatic heterocycles. The highest BCUT2D eigenvalue weighted by molar-refractivity contribution is 7.99. The van der Waals surface area contributed by atoms with Crippen LogP contribution in [0.1, 0.15) is 33.1 Å². The summed E-state index contributed by atoms with van der Waals surface area (Å²) in [7, 11) is 0. The first-order valence-electron chi connectivity index (χ1n) is 5.48. The monoisotopic (exact) mass is 226 g/mol. The van der Waals surface area contributed by atoms with Crippen molar-refractivity contribution in [2.45, 2.75) is 39.2 Å². The number of carbonyl (C=O) groups is 1. The molecule has 0 spiro atoms. The molecule has 1 saturated heterocycles. The minimum atomic E-state index is -0.812. The summed E-state index contributed by atoms with van der Waals surface area (Å²) >= 11 is 1.86. The lowest BCUT2D eigenvalue weighted by Gasteiger charge is -2.24. The summed E-state index contributed by atoms with van der Waals surface area (Å²) in [6, 6.07) is 2.44. The Bertz CT molecular complexity index is 262. The van der Waals surface area contributed by atoms with Crippen LogP contribution in [0.25, 0.3) is 0 Å². The van der Waals surface area contributed by atoms with Gasteiger partial charge >= 0.3 is 0 Å². The highest BCUT2D eigenvalue weighted by Gasteiger charge is 2.36. The lowest BCUT2D eigenvalue weighted by Crippen LogP contribution is -2.44. The molecule has 1 heterocycles. The Morgan fingerprint density at radius 1 is 1.60 bits per heavy atom. The van der Waals surface area contributed by atoms with E-state index in [0.29, 0.717) is 12.8 Å². The van der Waals surface area contributed by atoms with E-state index in [1.807, 2.05) is 25.6 Å². The molecule has 0 aliphatic carbocycles. The first kappa shape index (κ1) is 12.4. The van der Waals surface area contributed by atoms with Crippen LogP contribution in [0.4, 0.5) is 0 Å². The SMILES string of the molecule is CCC(C#N)(CC)C(=O)NC1CCSC1. The summed E-state index contributed by atoms with van der Waals surface area (Å²) in [4.78, 5) is 12.0. The molecular weight excluding hydrogens is 208 g/mol. The van der Waals surface area contributed by atoms with Crippen molar-refractivity contribution in [3.05, 3.63) is 0 Å². The maximum Gasteiger partial charge on any atom is 0.240 e. The normalized spacial score (nSPS) is 21.0. The summed E-state index contributed by atoms with van der Waals surface area (Å²) < 4.78 is 0. The van der Waals surface area contributed by atoms with E-state index in [-0.39, 0.29) is 11.9 Å². The van der Waals surface area contributed by atoms with E-state index in [2.05, 4.69) is 11.4 Å². The molecule has 0 aromatic carbocycles. The van der Waals surface area contributed by atoms with Crippen LogP contribution in [0.15, 0.2) is 0 Å². The van der Waals surface area contributed by atoms with Crippen molar-refractivity contribution in [2.75, 3.05) is 11.5 Å². The summed E-state index contributed by atoms with van der Waals surface area (Å²) in [5.74, 6) is 2.02. The number of rotatable bonds is 4. The highest BCUT2D eigenvalue weighted by atomic mass is 32.2. The van der Waals surface area contributed by atoms with E-state index < -0.39 is 5.41 Å². The largest absolute Gasteiger partial charge is 0.351 e. The summed E-state index contributed by atoms with van der Waals surface area (Å²) in [5, 5.41) is 12.1. The van der Waals surface area contributed by atoms with E-state index in [1.54, 1.807) is 0 Å². The Kier molecular flexibility index (Phi) is 4.46. The molecule has 1 rings (SSSR count). The number of hydrogen-bond acceptors (Lipinski definition) is 3.